The highest BCUT2D eigenvalue weighted by molar-refractivity contribution is 6.11. The molecule has 0 fully saturated rings. The Hall–Kier alpha value is -3.39. The Kier molecular flexibility index (Phi) is 3.14. The van der Waals surface area contributed by atoms with Gasteiger partial charge in [-0.2, -0.15) is 0 Å². The SMILES string of the molecule is c1ccc(-c2ccc3c(c2)oc2ccnc(-c4ccccc4)c23)cc1. The van der Waals surface area contributed by atoms with Crippen LogP contribution in [-0.4, -0.2) is 4.98 Å². The molecule has 118 valence electrons. The molecule has 0 amide bonds. The highest BCUT2D eigenvalue weighted by atomic mass is 16.3. The molecule has 25 heavy (non-hydrogen) atoms. The van der Waals surface area contributed by atoms with Gasteiger partial charge in [0.25, 0.3) is 0 Å². The zero-order valence-electron chi connectivity index (χ0n) is 13.5. The Morgan fingerprint density at radius 3 is 2.08 bits per heavy atom. The third kappa shape index (κ3) is 2.31. The summed E-state index contributed by atoms with van der Waals surface area (Å²) in [6, 6.07) is 28.9. The molecule has 0 aliphatic heterocycles. The topological polar surface area (TPSA) is 26.0 Å². The summed E-state index contributed by atoms with van der Waals surface area (Å²) >= 11 is 0. The van der Waals surface area contributed by atoms with Crippen LogP contribution in [0.25, 0.3) is 44.3 Å². The summed E-state index contributed by atoms with van der Waals surface area (Å²) in [4.78, 5) is 4.62. The summed E-state index contributed by atoms with van der Waals surface area (Å²) in [5.41, 5.74) is 6.16. The van der Waals surface area contributed by atoms with Crippen molar-refractivity contribution in [2.75, 3.05) is 0 Å². The molecule has 0 saturated heterocycles. The third-order valence-corrected chi connectivity index (χ3v) is 4.54. The van der Waals surface area contributed by atoms with Gasteiger partial charge in [-0.05, 0) is 29.3 Å². The second-order valence-electron chi connectivity index (χ2n) is 6.08. The second kappa shape index (κ2) is 5.60. The van der Waals surface area contributed by atoms with E-state index in [2.05, 4.69) is 59.6 Å². The van der Waals surface area contributed by atoms with Gasteiger partial charge in [0.15, 0.2) is 0 Å². The van der Waals surface area contributed by atoms with E-state index in [4.69, 9.17) is 4.42 Å². The van der Waals surface area contributed by atoms with Gasteiger partial charge in [-0.1, -0.05) is 66.7 Å². The van der Waals surface area contributed by atoms with E-state index in [9.17, 15) is 0 Å². The molecule has 0 radical (unpaired) electrons. The smallest absolute Gasteiger partial charge is 0.139 e. The first kappa shape index (κ1) is 14.0. The van der Waals surface area contributed by atoms with Gasteiger partial charge in [-0.3, -0.25) is 4.98 Å². The van der Waals surface area contributed by atoms with Crippen LogP contribution in [0.2, 0.25) is 0 Å². The third-order valence-electron chi connectivity index (χ3n) is 4.54. The molecule has 0 unspecified atom stereocenters. The van der Waals surface area contributed by atoms with Gasteiger partial charge in [0.05, 0.1) is 11.1 Å². The van der Waals surface area contributed by atoms with Crippen LogP contribution >= 0.6 is 0 Å². The molecule has 0 aliphatic rings. The molecule has 0 bridgehead atoms. The maximum Gasteiger partial charge on any atom is 0.139 e. The lowest BCUT2D eigenvalue weighted by Crippen LogP contribution is -1.83. The van der Waals surface area contributed by atoms with Crippen molar-refractivity contribution in [3.05, 3.63) is 91.1 Å². The van der Waals surface area contributed by atoms with Crippen molar-refractivity contribution in [1.82, 2.24) is 4.98 Å². The lowest BCUT2D eigenvalue weighted by Gasteiger charge is -2.03. The standard InChI is InChI=1S/C23H15NO/c1-3-7-16(8-4-1)18-11-12-19-21(15-18)25-20-13-14-24-23(22(19)20)17-9-5-2-6-10-17/h1-15H. The summed E-state index contributed by atoms with van der Waals surface area (Å²) in [6.45, 7) is 0. The Morgan fingerprint density at radius 2 is 1.32 bits per heavy atom. The molecule has 2 heteroatoms. The zero-order valence-corrected chi connectivity index (χ0v) is 13.5. The molecule has 0 aliphatic carbocycles. The Bertz CT molecular complexity index is 1170. The number of nitrogens with zero attached hydrogens (tertiary/aromatic N) is 1. The summed E-state index contributed by atoms with van der Waals surface area (Å²) in [5.74, 6) is 0. The molecule has 5 aromatic rings. The lowest BCUT2D eigenvalue weighted by atomic mass is 10.0. The van der Waals surface area contributed by atoms with Crippen LogP contribution < -0.4 is 0 Å². The first-order valence-corrected chi connectivity index (χ1v) is 8.32. The van der Waals surface area contributed by atoms with Gasteiger partial charge in [0, 0.05) is 17.1 Å². The van der Waals surface area contributed by atoms with E-state index in [0.29, 0.717) is 0 Å². The number of benzene rings is 3. The van der Waals surface area contributed by atoms with Crippen LogP contribution in [0.15, 0.2) is 95.5 Å². The maximum atomic E-state index is 6.14. The molecule has 5 rings (SSSR count). The number of furan rings is 1. The van der Waals surface area contributed by atoms with Crippen molar-refractivity contribution in [2.24, 2.45) is 0 Å². The van der Waals surface area contributed by atoms with Crippen LogP contribution in [0.5, 0.6) is 0 Å². The van der Waals surface area contributed by atoms with Crippen molar-refractivity contribution < 1.29 is 4.42 Å². The maximum absolute atomic E-state index is 6.14. The Balaban J connectivity index is 1.78. The molecule has 2 heterocycles. The first-order chi connectivity index (χ1) is 12.4. The lowest BCUT2D eigenvalue weighted by molar-refractivity contribution is 0.668. The van der Waals surface area contributed by atoms with Crippen molar-refractivity contribution in [1.29, 1.82) is 0 Å². The average Bonchev–Trinajstić information content (AvgIpc) is 3.07. The molecule has 2 aromatic heterocycles. The number of hydrogen-bond acceptors (Lipinski definition) is 2. The second-order valence-corrected chi connectivity index (χ2v) is 6.08. The van der Waals surface area contributed by atoms with Crippen LogP contribution in [-0.2, 0) is 0 Å². The fourth-order valence-electron chi connectivity index (χ4n) is 3.35. The summed E-state index contributed by atoms with van der Waals surface area (Å²) < 4.78 is 6.14. The molecule has 0 N–H and O–H groups in total. The van der Waals surface area contributed by atoms with Gasteiger partial charge in [0.2, 0.25) is 0 Å². The average molecular weight is 321 g/mol. The van der Waals surface area contributed by atoms with E-state index >= 15 is 0 Å². The molecule has 2 nitrogen and oxygen atoms in total. The monoisotopic (exact) mass is 321 g/mol. The minimum absolute atomic E-state index is 0.870. The van der Waals surface area contributed by atoms with Crippen LogP contribution in [0, 0.1) is 0 Å². The number of hydrogen-bond donors (Lipinski definition) is 0. The molecule has 0 spiro atoms. The number of aromatic nitrogens is 1. The predicted molar refractivity (Wildman–Crippen MR) is 102 cm³/mol. The van der Waals surface area contributed by atoms with Crippen LogP contribution in [0.1, 0.15) is 0 Å². The minimum atomic E-state index is 0.870. The van der Waals surface area contributed by atoms with E-state index < -0.39 is 0 Å². The van der Waals surface area contributed by atoms with Crippen molar-refractivity contribution in [3.8, 4) is 22.4 Å². The normalized spacial score (nSPS) is 11.2. The Labute approximate surface area is 145 Å². The summed E-state index contributed by atoms with van der Waals surface area (Å²) in [5, 5.41) is 2.17. The summed E-state index contributed by atoms with van der Waals surface area (Å²) in [7, 11) is 0. The first-order valence-electron chi connectivity index (χ1n) is 8.32. The molecule has 0 atom stereocenters. The van der Waals surface area contributed by atoms with Gasteiger partial charge < -0.3 is 4.42 Å². The fourth-order valence-corrected chi connectivity index (χ4v) is 3.35. The van der Waals surface area contributed by atoms with Crippen molar-refractivity contribution in [2.45, 2.75) is 0 Å². The van der Waals surface area contributed by atoms with Gasteiger partial charge in [-0.15, -0.1) is 0 Å². The fraction of sp³-hybridized carbons (Fsp3) is 0. The number of pyridine rings is 1. The van der Waals surface area contributed by atoms with Crippen LogP contribution in [0.3, 0.4) is 0 Å². The minimum Gasteiger partial charge on any atom is -0.456 e. The van der Waals surface area contributed by atoms with Gasteiger partial charge >= 0.3 is 0 Å². The number of fused-ring (bicyclic) bond motifs is 3. The molecule has 0 saturated carbocycles. The molecular weight excluding hydrogens is 306 g/mol. The van der Waals surface area contributed by atoms with Crippen molar-refractivity contribution >= 4 is 21.9 Å². The van der Waals surface area contributed by atoms with Crippen molar-refractivity contribution in [3.63, 3.8) is 0 Å². The number of rotatable bonds is 2. The molecular formula is C23H15NO. The Morgan fingerprint density at radius 1 is 0.600 bits per heavy atom. The van der Waals surface area contributed by atoms with Gasteiger partial charge in [0.1, 0.15) is 11.2 Å². The van der Waals surface area contributed by atoms with E-state index in [-0.39, 0.29) is 0 Å². The highest BCUT2D eigenvalue weighted by Gasteiger charge is 2.14. The van der Waals surface area contributed by atoms with E-state index in [1.165, 1.54) is 5.56 Å². The molecule has 3 aromatic carbocycles. The predicted octanol–water partition coefficient (Wildman–Crippen LogP) is 6.32. The highest BCUT2D eigenvalue weighted by Crippen LogP contribution is 2.36. The quantitative estimate of drug-likeness (QED) is 0.380. The van der Waals surface area contributed by atoms with Gasteiger partial charge in [-0.25, -0.2) is 0 Å². The zero-order chi connectivity index (χ0) is 16.6. The van der Waals surface area contributed by atoms with E-state index in [1.807, 2.05) is 36.5 Å². The largest absolute Gasteiger partial charge is 0.456 e. The van der Waals surface area contributed by atoms with E-state index in [1.54, 1.807) is 0 Å². The summed E-state index contributed by atoms with van der Waals surface area (Å²) in [6.07, 6.45) is 1.81. The van der Waals surface area contributed by atoms with Crippen LogP contribution in [0.4, 0.5) is 0 Å². The van der Waals surface area contributed by atoms with E-state index in [0.717, 1.165) is 38.8 Å².